The van der Waals surface area contributed by atoms with Crippen LogP contribution in [0.1, 0.15) is 45.6 Å². The van der Waals surface area contributed by atoms with E-state index in [9.17, 15) is 5.11 Å². The molecule has 1 aromatic carbocycles. The summed E-state index contributed by atoms with van der Waals surface area (Å²) < 4.78 is 6.04. The Labute approximate surface area is 108 Å². The van der Waals surface area contributed by atoms with Crippen molar-refractivity contribution in [3.8, 4) is 11.5 Å². The van der Waals surface area contributed by atoms with Crippen molar-refractivity contribution >= 4 is 0 Å². The number of rotatable bonds is 0. The number of allylic oxidation sites excluding steroid dienone is 2. The minimum absolute atomic E-state index is 0.0246. The SMILES string of the molecule is C[C@@H]1CCC2=C(C1)Oc1cc(O)ccc1C2(C)C. The molecule has 1 atom stereocenters. The van der Waals surface area contributed by atoms with Crippen LogP contribution >= 0.6 is 0 Å². The summed E-state index contributed by atoms with van der Waals surface area (Å²) in [7, 11) is 0. The number of aromatic hydroxyl groups is 1. The third-order valence-corrected chi connectivity index (χ3v) is 4.38. The van der Waals surface area contributed by atoms with Gasteiger partial charge in [0.2, 0.25) is 0 Å². The summed E-state index contributed by atoms with van der Waals surface area (Å²) in [6.07, 6.45) is 3.40. The predicted molar refractivity (Wildman–Crippen MR) is 71.8 cm³/mol. The number of phenols is 1. The summed E-state index contributed by atoms with van der Waals surface area (Å²) in [6.45, 7) is 6.80. The maximum Gasteiger partial charge on any atom is 0.134 e. The molecule has 96 valence electrons. The highest BCUT2D eigenvalue weighted by Gasteiger charge is 2.38. The van der Waals surface area contributed by atoms with E-state index in [1.807, 2.05) is 6.07 Å². The third-order valence-electron chi connectivity index (χ3n) is 4.38. The Kier molecular flexibility index (Phi) is 2.44. The lowest BCUT2D eigenvalue weighted by atomic mass is 9.70. The Morgan fingerprint density at radius 3 is 2.89 bits per heavy atom. The number of fused-ring (bicyclic) bond motifs is 1. The molecule has 0 aromatic heterocycles. The second kappa shape index (κ2) is 3.78. The van der Waals surface area contributed by atoms with E-state index in [0.717, 1.165) is 24.4 Å². The smallest absolute Gasteiger partial charge is 0.134 e. The quantitative estimate of drug-likeness (QED) is 0.743. The number of hydrogen-bond acceptors (Lipinski definition) is 2. The van der Waals surface area contributed by atoms with E-state index in [2.05, 4.69) is 20.8 Å². The average molecular weight is 244 g/mol. The number of benzene rings is 1. The van der Waals surface area contributed by atoms with Crippen molar-refractivity contribution in [2.45, 2.75) is 45.4 Å². The monoisotopic (exact) mass is 244 g/mol. The molecule has 1 aromatic rings. The van der Waals surface area contributed by atoms with Crippen LogP contribution in [0, 0.1) is 5.92 Å². The minimum Gasteiger partial charge on any atom is -0.508 e. The van der Waals surface area contributed by atoms with Crippen LogP contribution in [0.15, 0.2) is 29.5 Å². The lowest BCUT2D eigenvalue weighted by Crippen LogP contribution is -2.31. The van der Waals surface area contributed by atoms with Crippen LogP contribution in [0.25, 0.3) is 0 Å². The van der Waals surface area contributed by atoms with Gasteiger partial charge in [0.1, 0.15) is 17.3 Å². The van der Waals surface area contributed by atoms with E-state index >= 15 is 0 Å². The molecule has 1 heterocycles. The van der Waals surface area contributed by atoms with Crippen LogP contribution in [0.5, 0.6) is 11.5 Å². The molecular weight excluding hydrogens is 224 g/mol. The van der Waals surface area contributed by atoms with E-state index in [-0.39, 0.29) is 11.2 Å². The molecule has 1 aliphatic carbocycles. The van der Waals surface area contributed by atoms with Crippen molar-refractivity contribution in [3.63, 3.8) is 0 Å². The first-order chi connectivity index (χ1) is 8.48. The molecule has 0 bridgehead atoms. The third kappa shape index (κ3) is 1.63. The van der Waals surface area contributed by atoms with Crippen molar-refractivity contribution in [2.75, 3.05) is 0 Å². The van der Waals surface area contributed by atoms with Gasteiger partial charge in [0.15, 0.2) is 0 Å². The van der Waals surface area contributed by atoms with Gasteiger partial charge in [-0.25, -0.2) is 0 Å². The fourth-order valence-corrected chi connectivity index (χ4v) is 3.24. The zero-order valence-electron chi connectivity index (χ0n) is 11.3. The van der Waals surface area contributed by atoms with Gasteiger partial charge in [-0.1, -0.05) is 26.8 Å². The Morgan fingerprint density at radius 1 is 1.33 bits per heavy atom. The molecule has 0 amide bonds. The fourth-order valence-electron chi connectivity index (χ4n) is 3.24. The Hall–Kier alpha value is -1.44. The van der Waals surface area contributed by atoms with E-state index in [1.165, 1.54) is 17.6 Å². The van der Waals surface area contributed by atoms with Crippen LogP contribution in [-0.2, 0) is 5.41 Å². The molecule has 0 fully saturated rings. The summed E-state index contributed by atoms with van der Waals surface area (Å²) in [5.41, 5.74) is 2.66. The molecule has 1 N–H and O–H groups in total. The minimum atomic E-state index is 0.0246. The summed E-state index contributed by atoms with van der Waals surface area (Å²) in [5, 5.41) is 9.61. The van der Waals surface area contributed by atoms with Crippen LogP contribution in [0.2, 0.25) is 0 Å². The molecular formula is C16H20O2. The number of ether oxygens (including phenoxy) is 1. The van der Waals surface area contributed by atoms with Gasteiger partial charge in [-0.15, -0.1) is 0 Å². The zero-order chi connectivity index (χ0) is 12.9. The van der Waals surface area contributed by atoms with E-state index in [4.69, 9.17) is 4.74 Å². The Balaban J connectivity index is 2.12. The summed E-state index contributed by atoms with van der Waals surface area (Å²) in [5.74, 6) is 2.93. The maximum atomic E-state index is 9.61. The maximum absolute atomic E-state index is 9.61. The standard InChI is InChI=1S/C16H20O2/c1-10-4-6-12-14(8-10)18-15-9-11(17)5-7-13(15)16(12,2)3/h5,7,9-10,17H,4,6,8H2,1-3H3/t10-/m1/s1. The van der Waals surface area contributed by atoms with E-state index in [1.54, 1.807) is 12.1 Å². The number of hydrogen-bond donors (Lipinski definition) is 1. The molecule has 0 unspecified atom stereocenters. The summed E-state index contributed by atoms with van der Waals surface area (Å²) in [4.78, 5) is 0. The van der Waals surface area contributed by atoms with E-state index in [0.29, 0.717) is 5.92 Å². The van der Waals surface area contributed by atoms with Crippen LogP contribution in [-0.4, -0.2) is 5.11 Å². The van der Waals surface area contributed by atoms with Gasteiger partial charge in [0.25, 0.3) is 0 Å². The predicted octanol–water partition coefficient (Wildman–Crippen LogP) is 4.14. The zero-order valence-corrected chi connectivity index (χ0v) is 11.3. The lowest BCUT2D eigenvalue weighted by molar-refractivity contribution is 0.290. The Morgan fingerprint density at radius 2 is 2.11 bits per heavy atom. The highest BCUT2D eigenvalue weighted by Crippen LogP contribution is 2.49. The fraction of sp³-hybridized carbons (Fsp3) is 0.500. The van der Waals surface area contributed by atoms with E-state index < -0.39 is 0 Å². The molecule has 0 radical (unpaired) electrons. The highest BCUT2D eigenvalue weighted by atomic mass is 16.5. The topological polar surface area (TPSA) is 29.5 Å². The highest BCUT2D eigenvalue weighted by molar-refractivity contribution is 5.52. The van der Waals surface area contributed by atoms with Gasteiger partial charge in [-0.05, 0) is 30.4 Å². The second-order valence-electron chi connectivity index (χ2n) is 6.16. The molecule has 2 heteroatoms. The van der Waals surface area contributed by atoms with Gasteiger partial charge >= 0.3 is 0 Å². The molecule has 2 aliphatic rings. The molecule has 0 saturated carbocycles. The van der Waals surface area contributed by atoms with Crippen molar-refractivity contribution in [1.82, 2.24) is 0 Å². The first kappa shape index (κ1) is 11.6. The molecule has 2 nitrogen and oxygen atoms in total. The van der Waals surface area contributed by atoms with Crippen molar-refractivity contribution in [3.05, 3.63) is 35.1 Å². The van der Waals surface area contributed by atoms with Crippen molar-refractivity contribution in [1.29, 1.82) is 0 Å². The lowest BCUT2D eigenvalue weighted by Gasteiger charge is -2.40. The van der Waals surface area contributed by atoms with Gasteiger partial charge < -0.3 is 9.84 Å². The average Bonchev–Trinajstić information content (AvgIpc) is 2.27. The Bertz CT molecular complexity index is 526. The summed E-state index contributed by atoms with van der Waals surface area (Å²) in [6, 6.07) is 5.48. The second-order valence-corrected chi connectivity index (χ2v) is 6.16. The normalized spacial score (nSPS) is 25.2. The molecule has 0 saturated heterocycles. The van der Waals surface area contributed by atoms with Gasteiger partial charge in [-0.2, -0.15) is 0 Å². The molecule has 18 heavy (non-hydrogen) atoms. The van der Waals surface area contributed by atoms with Crippen molar-refractivity contribution in [2.24, 2.45) is 5.92 Å². The van der Waals surface area contributed by atoms with Crippen molar-refractivity contribution < 1.29 is 9.84 Å². The van der Waals surface area contributed by atoms with Gasteiger partial charge in [0, 0.05) is 23.5 Å². The molecule has 1 aliphatic heterocycles. The molecule has 3 rings (SSSR count). The summed E-state index contributed by atoms with van der Waals surface area (Å²) >= 11 is 0. The first-order valence-corrected chi connectivity index (χ1v) is 6.72. The first-order valence-electron chi connectivity index (χ1n) is 6.72. The van der Waals surface area contributed by atoms with Gasteiger partial charge in [-0.3, -0.25) is 0 Å². The van der Waals surface area contributed by atoms with Crippen LogP contribution in [0.3, 0.4) is 0 Å². The largest absolute Gasteiger partial charge is 0.508 e. The van der Waals surface area contributed by atoms with Gasteiger partial charge in [0.05, 0.1) is 0 Å². The molecule has 0 spiro atoms. The van der Waals surface area contributed by atoms with Crippen LogP contribution in [0.4, 0.5) is 0 Å². The van der Waals surface area contributed by atoms with Crippen LogP contribution < -0.4 is 4.74 Å². The number of phenolic OH excluding ortho intramolecular Hbond substituents is 1.